The van der Waals surface area contributed by atoms with Crippen molar-refractivity contribution in [1.29, 1.82) is 0 Å². The summed E-state index contributed by atoms with van der Waals surface area (Å²) in [6.07, 6.45) is 7.17. The zero-order chi connectivity index (χ0) is 17.5. The fourth-order valence-corrected chi connectivity index (χ4v) is 4.23. The molecule has 0 aromatic rings. The highest BCUT2D eigenvalue weighted by Gasteiger charge is 2.33. The number of unbranched alkanes of at least 4 members (excludes halogenated alkanes) is 2. The average Bonchev–Trinajstić information content (AvgIpc) is 2.39. The van der Waals surface area contributed by atoms with E-state index in [1.165, 1.54) is 6.08 Å². The van der Waals surface area contributed by atoms with Gasteiger partial charge in [0, 0.05) is 42.1 Å². The van der Waals surface area contributed by atoms with Crippen molar-refractivity contribution in [2.75, 3.05) is 11.5 Å². The second-order valence-electron chi connectivity index (χ2n) is 6.91. The van der Waals surface area contributed by atoms with Crippen molar-refractivity contribution in [3.63, 3.8) is 0 Å². The maximum Gasteiger partial charge on any atom is 0.337 e. The van der Waals surface area contributed by atoms with Crippen LogP contribution in [0.4, 0.5) is 0 Å². The second-order valence-corrected chi connectivity index (χ2v) is 8.45. The van der Waals surface area contributed by atoms with Crippen LogP contribution in [0, 0.1) is 11.8 Å². The summed E-state index contributed by atoms with van der Waals surface area (Å²) in [5, 5.41) is 0. The lowest BCUT2D eigenvalue weighted by atomic mass is 9.99. The smallest absolute Gasteiger partial charge is 0.337 e. The SMILES string of the molecule is C=CCCCCC(CS(=O)CC(C)C)C1=CC(=O)OC(C)(C)O1. The van der Waals surface area contributed by atoms with Gasteiger partial charge >= 0.3 is 5.97 Å². The summed E-state index contributed by atoms with van der Waals surface area (Å²) >= 11 is 0. The Bertz CT molecular complexity index is 466. The number of cyclic esters (lactones) is 1. The first kappa shape index (κ1) is 19.9. The fourth-order valence-electron chi connectivity index (χ4n) is 2.57. The standard InChI is InChI=1S/C18H30O4S/c1-6-7-8-9-10-15(13-23(20)12-14(2)3)16-11-17(19)22-18(4,5)21-16/h6,11,14-15H,1,7-10,12-13H2,2-5H3. The first-order valence-corrected chi connectivity index (χ1v) is 9.81. The van der Waals surface area contributed by atoms with Crippen molar-refractivity contribution in [3.8, 4) is 0 Å². The number of esters is 1. The molecular weight excluding hydrogens is 312 g/mol. The average molecular weight is 343 g/mol. The molecule has 0 fully saturated rings. The topological polar surface area (TPSA) is 52.6 Å². The zero-order valence-corrected chi connectivity index (χ0v) is 15.6. The van der Waals surface area contributed by atoms with E-state index < -0.39 is 16.6 Å². The minimum atomic E-state index is -0.958. The Kier molecular flexibility index (Phi) is 8.03. The van der Waals surface area contributed by atoms with Crippen LogP contribution in [0.25, 0.3) is 0 Å². The van der Waals surface area contributed by atoms with Gasteiger partial charge in [0.2, 0.25) is 5.79 Å². The van der Waals surface area contributed by atoms with Gasteiger partial charge in [-0.15, -0.1) is 6.58 Å². The minimum absolute atomic E-state index is 0.00785. The molecule has 0 N–H and O–H groups in total. The molecule has 2 atom stereocenters. The molecule has 0 saturated heterocycles. The van der Waals surface area contributed by atoms with Crippen molar-refractivity contribution < 1.29 is 18.5 Å². The molecule has 0 radical (unpaired) electrons. The van der Waals surface area contributed by atoms with Crippen molar-refractivity contribution in [2.45, 2.75) is 59.2 Å². The molecule has 4 nitrogen and oxygen atoms in total. The Hall–Kier alpha value is -1.10. The number of carbonyl (C=O) groups is 1. The molecule has 0 spiro atoms. The quantitative estimate of drug-likeness (QED) is 0.343. The van der Waals surface area contributed by atoms with Gasteiger partial charge in [0.25, 0.3) is 0 Å². The van der Waals surface area contributed by atoms with Gasteiger partial charge in [0.15, 0.2) is 0 Å². The Morgan fingerprint density at radius 3 is 2.52 bits per heavy atom. The van der Waals surface area contributed by atoms with Crippen LogP contribution in [-0.4, -0.2) is 27.5 Å². The van der Waals surface area contributed by atoms with Crippen LogP contribution in [0.15, 0.2) is 24.5 Å². The fraction of sp³-hybridized carbons (Fsp3) is 0.722. The second kappa shape index (κ2) is 9.26. The Balaban J connectivity index is 2.78. The van der Waals surface area contributed by atoms with Crippen LogP contribution in [0.3, 0.4) is 0 Å². The monoisotopic (exact) mass is 342 g/mol. The molecule has 0 bridgehead atoms. The zero-order valence-electron chi connectivity index (χ0n) is 14.8. The van der Waals surface area contributed by atoms with Crippen LogP contribution in [-0.2, 0) is 25.1 Å². The van der Waals surface area contributed by atoms with Gasteiger partial charge in [0.1, 0.15) is 5.76 Å². The maximum atomic E-state index is 12.3. The molecule has 1 heterocycles. The number of carbonyl (C=O) groups excluding carboxylic acids is 1. The molecule has 1 aliphatic rings. The van der Waals surface area contributed by atoms with Crippen LogP contribution in [0.5, 0.6) is 0 Å². The molecule has 0 saturated carbocycles. The number of ether oxygens (including phenoxy) is 2. The number of hydrogen-bond acceptors (Lipinski definition) is 4. The summed E-state index contributed by atoms with van der Waals surface area (Å²) < 4.78 is 23.3. The number of allylic oxidation sites excluding steroid dienone is 2. The number of rotatable bonds is 10. The van der Waals surface area contributed by atoms with Gasteiger partial charge in [-0.3, -0.25) is 4.21 Å². The lowest BCUT2D eigenvalue weighted by Gasteiger charge is -2.33. The van der Waals surface area contributed by atoms with Crippen LogP contribution < -0.4 is 0 Å². The van der Waals surface area contributed by atoms with E-state index in [4.69, 9.17) is 9.47 Å². The predicted octanol–water partition coefficient (Wildman–Crippen LogP) is 3.95. The molecule has 23 heavy (non-hydrogen) atoms. The molecular formula is C18H30O4S. The lowest BCUT2D eigenvalue weighted by Crippen LogP contribution is -2.37. The van der Waals surface area contributed by atoms with Gasteiger partial charge in [0.05, 0.1) is 6.08 Å². The third kappa shape index (κ3) is 7.82. The Labute approximate surface area is 142 Å². The van der Waals surface area contributed by atoms with Crippen LogP contribution >= 0.6 is 0 Å². The number of hydrogen-bond donors (Lipinski definition) is 0. The van der Waals surface area contributed by atoms with Gasteiger partial charge in [-0.2, -0.15) is 0 Å². The minimum Gasteiger partial charge on any atom is -0.457 e. The summed E-state index contributed by atoms with van der Waals surface area (Å²) in [4.78, 5) is 11.8. The highest BCUT2D eigenvalue weighted by atomic mass is 32.2. The van der Waals surface area contributed by atoms with Gasteiger partial charge in [-0.1, -0.05) is 26.3 Å². The molecule has 1 rings (SSSR count). The lowest BCUT2D eigenvalue weighted by molar-refractivity contribution is -0.208. The first-order valence-electron chi connectivity index (χ1n) is 8.33. The van der Waals surface area contributed by atoms with Gasteiger partial charge < -0.3 is 9.47 Å². The molecule has 0 aromatic heterocycles. The third-order valence-electron chi connectivity index (χ3n) is 3.49. The van der Waals surface area contributed by atoms with Gasteiger partial charge in [-0.25, -0.2) is 4.79 Å². The third-order valence-corrected chi connectivity index (χ3v) is 5.30. The molecule has 0 amide bonds. The predicted molar refractivity (Wildman–Crippen MR) is 94.2 cm³/mol. The van der Waals surface area contributed by atoms with Crippen molar-refractivity contribution in [2.24, 2.45) is 11.8 Å². The molecule has 2 unspecified atom stereocenters. The van der Waals surface area contributed by atoms with E-state index >= 15 is 0 Å². The highest BCUT2D eigenvalue weighted by Crippen LogP contribution is 2.30. The van der Waals surface area contributed by atoms with Crippen LogP contribution in [0.1, 0.15) is 53.4 Å². The van der Waals surface area contributed by atoms with Crippen molar-refractivity contribution in [3.05, 3.63) is 24.5 Å². The summed E-state index contributed by atoms with van der Waals surface area (Å²) in [6.45, 7) is 11.3. The van der Waals surface area contributed by atoms with E-state index in [9.17, 15) is 9.00 Å². The van der Waals surface area contributed by atoms with Gasteiger partial charge in [-0.05, 0) is 25.2 Å². The molecule has 1 aliphatic heterocycles. The molecule has 132 valence electrons. The van der Waals surface area contributed by atoms with E-state index in [1.807, 2.05) is 6.08 Å². The summed E-state index contributed by atoms with van der Waals surface area (Å²) in [5.74, 6) is 0.849. The summed E-state index contributed by atoms with van der Waals surface area (Å²) in [5.41, 5.74) is 0. The molecule has 0 aromatic carbocycles. The van der Waals surface area contributed by atoms with E-state index in [0.717, 1.165) is 25.7 Å². The van der Waals surface area contributed by atoms with E-state index in [2.05, 4.69) is 20.4 Å². The molecule has 0 aliphatic carbocycles. The van der Waals surface area contributed by atoms with E-state index in [0.29, 0.717) is 23.2 Å². The highest BCUT2D eigenvalue weighted by molar-refractivity contribution is 7.85. The normalized spacial score (nSPS) is 19.5. The van der Waals surface area contributed by atoms with Crippen LogP contribution in [0.2, 0.25) is 0 Å². The maximum absolute atomic E-state index is 12.3. The Morgan fingerprint density at radius 1 is 1.26 bits per heavy atom. The van der Waals surface area contributed by atoms with E-state index in [1.54, 1.807) is 13.8 Å². The van der Waals surface area contributed by atoms with E-state index in [-0.39, 0.29) is 11.9 Å². The summed E-state index contributed by atoms with van der Waals surface area (Å²) in [6, 6.07) is 0. The Morgan fingerprint density at radius 2 is 1.96 bits per heavy atom. The van der Waals surface area contributed by atoms with Crippen molar-refractivity contribution >= 4 is 16.8 Å². The first-order chi connectivity index (χ1) is 10.7. The largest absolute Gasteiger partial charge is 0.457 e. The summed E-state index contributed by atoms with van der Waals surface area (Å²) in [7, 11) is -0.918. The van der Waals surface area contributed by atoms with Crippen molar-refractivity contribution in [1.82, 2.24) is 0 Å². The molecule has 5 heteroatoms.